The quantitative estimate of drug-likeness (QED) is 0.767. The predicted octanol–water partition coefficient (Wildman–Crippen LogP) is 2.64. The summed E-state index contributed by atoms with van der Waals surface area (Å²) in [7, 11) is 1.83. The van der Waals surface area contributed by atoms with Gasteiger partial charge in [0.25, 0.3) is 0 Å². The maximum atomic E-state index is 12.8. The van der Waals surface area contributed by atoms with Gasteiger partial charge in [0.15, 0.2) is 0 Å². The third-order valence-electron chi connectivity index (χ3n) is 5.32. The van der Waals surface area contributed by atoms with E-state index in [2.05, 4.69) is 22.3 Å². The molecule has 2 aromatic carbocycles. The lowest BCUT2D eigenvalue weighted by atomic mass is 10.0. The summed E-state index contributed by atoms with van der Waals surface area (Å²) in [5.41, 5.74) is 2.07. The van der Waals surface area contributed by atoms with Gasteiger partial charge in [0.05, 0.1) is 19.0 Å². The highest BCUT2D eigenvalue weighted by Crippen LogP contribution is 2.22. The molecule has 2 aromatic rings. The minimum atomic E-state index is -0.135. The molecule has 1 fully saturated rings. The van der Waals surface area contributed by atoms with Crippen molar-refractivity contribution in [2.45, 2.75) is 25.3 Å². The fourth-order valence-corrected chi connectivity index (χ4v) is 3.65. The molecule has 1 N–H and O–H groups in total. The topological polar surface area (TPSA) is 52.7 Å². The Morgan fingerprint density at radius 1 is 1.00 bits per heavy atom. The van der Waals surface area contributed by atoms with E-state index in [1.807, 2.05) is 55.6 Å². The summed E-state index contributed by atoms with van der Waals surface area (Å²) in [4.78, 5) is 29.1. The van der Waals surface area contributed by atoms with Crippen LogP contribution in [0.4, 0.5) is 0 Å². The molecular formula is C23H29N3O2. The Balaban J connectivity index is 1.58. The van der Waals surface area contributed by atoms with Gasteiger partial charge in [-0.1, -0.05) is 60.7 Å². The number of hydrogen-bond acceptors (Lipinski definition) is 3. The van der Waals surface area contributed by atoms with Crippen LogP contribution in [0.2, 0.25) is 0 Å². The molecule has 28 heavy (non-hydrogen) atoms. The van der Waals surface area contributed by atoms with Gasteiger partial charge in [-0.15, -0.1) is 0 Å². The van der Waals surface area contributed by atoms with E-state index in [0.29, 0.717) is 0 Å². The number of carbonyl (C=O) groups is 2. The molecule has 1 heterocycles. The highest BCUT2D eigenvalue weighted by molar-refractivity contribution is 5.85. The molecule has 0 bridgehead atoms. The zero-order chi connectivity index (χ0) is 19.8. The lowest BCUT2D eigenvalue weighted by molar-refractivity contribution is -0.133. The molecule has 0 saturated carbocycles. The first-order chi connectivity index (χ1) is 13.6. The lowest BCUT2D eigenvalue weighted by Gasteiger charge is -2.32. The van der Waals surface area contributed by atoms with Crippen LogP contribution in [0, 0.1) is 0 Å². The summed E-state index contributed by atoms with van der Waals surface area (Å²) in [5, 5.41) is 2.77. The first kappa shape index (κ1) is 20.1. The van der Waals surface area contributed by atoms with Crippen molar-refractivity contribution in [3.8, 4) is 0 Å². The van der Waals surface area contributed by atoms with E-state index < -0.39 is 0 Å². The van der Waals surface area contributed by atoms with E-state index in [0.717, 1.165) is 30.8 Å². The van der Waals surface area contributed by atoms with Crippen LogP contribution in [0.3, 0.4) is 0 Å². The van der Waals surface area contributed by atoms with Crippen LogP contribution in [0.15, 0.2) is 60.7 Å². The van der Waals surface area contributed by atoms with Gasteiger partial charge in [0.1, 0.15) is 0 Å². The van der Waals surface area contributed by atoms with Gasteiger partial charge >= 0.3 is 0 Å². The Labute approximate surface area is 167 Å². The normalized spacial score (nSPS) is 15.2. The van der Waals surface area contributed by atoms with E-state index >= 15 is 0 Å². The van der Waals surface area contributed by atoms with Crippen LogP contribution < -0.4 is 5.32 Å². The number of likely N-dealkylation sites (N-methyl/N-ethyl adjacent to an activating group) is 1. The Bertz CT molecular complexity index is 758. The van der Waals surface area contributed by atoms with Gasteiger partial charge < -0.3 is 15.1 Å². The fraction of sp³-hybridized carbons (Fsp3) is 0.391. The number of nitrogens with zero attached hydrogens (tertiary/aromatic N) is 2. The number of amides is 2. The number of hydrogen-bond donors (Lipinski definition) is 1. The van der Waals surface area contributed by atoms with E-state index in [1.54, 1.807) is 4.90 Å². The lowest BCUT2D eigenvalue weighted by Crippen LogP contribution is -2.43. The largest absolute Gasteiger partial charge is 0.347 e. The number of nitrogens with one attached hydrogen (secondary N) is 1. The standard InChI is InChI=1S/C23H29N3O2/c1-25(23(28)17-24-22(27)16-19-10-4-2-5-11-19)21(18-26-14-8-9-15-26)20-12-6-3-7-13-20/h2-7,10-13,21H,8-9,14-18H2,1H3,(H,24,27)/t21-/m1/s1. The predicted molar refractivity (Wildman–Crippen MR) is 111 cm³/mol. The van der Waals surface area contributed by atoms with Gasteiger partial charge in [-0.25, -0.2) is 0 Å². The summed E-state index contributed by atoms with van der Waals surface area (Å²) in [6, 6.07) is 19.7. The molecule has 3 rings (SSSR count). The molecule has 2 amide bonds. The minimum Gasteiger partial charge on any atom is -0.347 e. The second kappa shape index (κ2) is 10.0. The molecule has 1 aliphatic heterocycles. The Hall–Kier alpha value is -2.66. The van der Waals surface area contributed by atoms with E-state index in [1.165, 1.54) is 12.8 Å². The molecule has 0 radical (unpaired) electrons. The van der Waals surface area contributed by atoms with Crippen molar-refractivity contribution in [3.05, 3.63) is 71.8 Å². The van der Waals surface area contributed by atoms with Gasteiger partial charge in [0.2, 0.25) is 11.8 Å². The second-order valence-corrected chi connectivity index (χ2v) is 7.38. The monoisotopic (exact) mass is 379 g/mol. The van der Waals surface area contributed by atoms with E-state index in [-0.39, 0.29) is 30.8 Å². The zero-order valence-corrected chi connectivity index (χ0v) is 16.5. The molecule has 5 nitrogen and oxygen atoms in total. The smallest absolute Gasteiger partial charge is 0.242 e. The summed E-state index contributed by atoms with van der Waals surface area (Å²) in [5.74, 6) is -0.210. The zero-order valence-electron chi connectivity index (χ0n) is 16.5. The molecule has 1 atom stereocenters. The van der Waals surface area contributed by atoms with Crippen molar-refractivity contribution < 1.29 is 9.59 Å². The van der Waals surface area contributed by atoms with Crippen LogP contribution in [0.5, 0.6) is 0 Å². The van der Waals surface area contributed by atoms with Gasteiger partial charge in [0, 0.05) is 13.6 Å². The molecule has 0 unspecified atom stereocenters. The first-order valence-electron chi connectivity index (χ1n) is 9.97. The average molecular weight is 380 g/mol. The van der Waals surface area contributed by atoms with Crippen LogP contribution in [0.25, 0.3) is 0 Å². The maximum absolute atomic E-state index is 12.8. The van der Waals surface area contributed by atoms with Crippen molar-refractivity contribution in [1.29, 1.82) is 0 Å². The van der Waals surface area contributed by atoms with Crippen molar-refractivity contribution >= 4 is 11.8 Å². The van der Waals surface area contributed by atoms with Gasteiger partial charge in [-0.3, -0.25) is 9.59 Å². The van der Waals surface area contributed by atoms with E-state index in [9.17, 15) is 9.59 Å². The van der Waals surface area contributed by atoms with Gasteiger partial charge in [-0.05, 0) is 37.1 Å². The summed E-state index contributed by atoms with van der Waals surface area (Å²) in [6.45, 7) is 3.01. The third kappa shape index (κ3) is 5.67. The third-order valence-corrected chi connectivity index (χ3v) is 5.32. The van der Waals surface area contributed by atoms with E-state index in [4.69, 9.17) is 0 Å². The van der Waals surface area contributed by atoms with Crippen molar-refractivity contribution in [2.24, 2.45) is 0 Å². The number of likely N-dealkylation sites (tertiary alicyclic amines) is 1. The highest BCUT2D eigenvalue weighted by Gasteiger charge is 2.25. The average Bonchev–Trinajstić information content (AvgIpc) is 3.24. The second-order valence-electron chi connectivity index (χ2n) is 7.38. The molecule has 5 heteroatoms. The van der Waals surface area contributed by atoms with Crippen LogP contribution in [-0.4, -0.2) is 54.8 Å². The first-order valence-corrected chi connectivity index (χ1v) is 9.97. The van der Waals surface area contributed by atoms with Crippen molar-refractivity contribution in [2.75, 3.05) is 33.2 Å². The summed E-state index contributed by atoms with van der Waals surface area (Å²) < 4.78 is 0. The Kier molecular flexibility index (Phi) is 7.20. The summed E-state index contributed by atoms with van der Waals surface area (Å²) >= 11 is 0. The van der Waals surface area contributed by atoms with Crippen LogP contribution in [-0.2, 0) is 16.0 Å². The van der Waals surface area contributed by atoms with Crippen LogP contribution in [0.1, 0.15) is 30.0 Å². The highest BCUT2D eigenvalue weighted by atomic mass is 16.2. The number of carbonyl (C=O) groups excluding carboxylic acids is 2. The fourth-order valence-electron chi connectivity index (χ4n) is 3.65. The molecule has 148 valence electrons. The maximum Gasteiger partial charge on any atom is 0.242 e. The molecule has 0 aliphatic carbocycles. The molecule has 0 spiro atoms. The number of rotatable bonds is 8. The Morgan fingerprint density at radius 2 is 1.61 bits per heavy atom. The molecule has 1 aliphatic rings. The van der Waals surface area contributed by atoms with Gasteiger partial charge in [-0.2, -0.15) is 0 Å². The molecular weight excluding hydrogens is 350 g/mol. The van der Waals surface area contributed by atoms with Crippen LogP contribution >= 0.6 is 0 Å². The molecule has 1 saturated heterocycles. The Morgan fingerprint density at radius 3 is 2.25 bits per heavy atom. The summed E-state index contributed by atoms with van der Waals surface area (Å²) in [6.07, 6.45) is 2.72. The number of benzene rings is 2. The molecule has 0 aromatic heterocycles. The SMILES string of the molecule is CN(C(=O)CNC(=O)Cc1ccccc1)[C@H](CN1CCCC1)c1ccccc1. The van der Waals surface area contributed by atoms with Crippen molar-refractivity contribution in [3.63, 3.8) is 0 Å². The minimum absolute atomic E-state index is 0.0159. The van der Waals surface area contributed by atoms with Crippen molar-refractivity contribution in [1.82, 2.24) is 15.1 Å².